The molecule has 20 heavy (non-hydrogen) atoms. The molecule has 1 rings (SSSR count). The van der Waals surface area contributed by atoms with Crippen molar-refractivity contribution in [2.75, 3.05) is 0 Å². The average molecular weight is 265 g/mol. The smallest absolute Gasteiger partial charge is 0.265 e. The zero-order chi connectivity index (χ0) is 15.1. The molecule has 9 heteroatoms. The van der Waals surface area contributed by atoms with Crippen LogP contribution in [0.3, 0.4) is 0 Å². The highest BCUT2D eigenvalue weighted by Gasteiger charge is 2.21. The van der Waals surface area contributed by atoms with Gasteiger partial charge in [0.1, 0.15) is 11.4 Å². The monoisotopic (exact) mass is 265 g/mol. The number of amides is 2. The molecule has 0 aromatic carbocycles. The Bertz CT molecular complexity index is 642. The molecule has 0 aliphatic rings. The van der Waals surface area contributed by atoms with Crippen LogP contribution in [-0.2, 0) is 0 Å². The third-order valence-electron chi connectivity index (χ3n) is 1.99. The maximum Gasteiger partial charge on any atom is 0.299 e. The molecule has 0 bridgehead atoms. The van der Waals surface area contributed by atoms with E-state index in [1.807, 2.05) is 0 Å². The van der Waals surface area contributed by atoms with Crippen LogP contribution in [0.5, 0.6) is 0 Å². The molecule has 0 spiro atoms. The maximum atomic E-state index is 11.7. The molecule has 0 radical (unpaired) electrons. The van der Waals surface area contributed by atoms with E-state index in [-0.39, 0.29) is 21.2 Å². The quantitative estimate of drug-likeness (QED) is 0.534. The highest BCUT2D eigenvalue weighted by Crippen LogP contribution is 2.05. The lowest BCUT2D eigenvalue weighted by Crippen LogP contribution is -2.25. The first-order valence-corrected chi connectivity index (χ1v) is 4.84. The summed E-state index contributed by atoms with van der Waals surface area (Å²) in [4.78, 5) is 27.3. The second-order valence-electron chi connectivity index (χ2n) is 3.09. The van der Waals surface area contributed by atoms with Gasteiger partial charge >= 0.3 is 0 Å². The molecule has 0 aliphatic carbocycles. The van der Waals surface area contributed by atoms with E-state index in [9.17, 15) is 9.59 Å². The fourth-order valence-electron chi connectivity index (χ4n) is 1.13. The van der Waals surface area contributed by atoms with E-state index in [1.54, 1.807) is 0 Å². The van der Waals surface area contributed by atoms with Gasteiger partial charge in [-0.3, -0.25) is 9.59 Å². The van der Waals surface area contributed by atoms with Gasteiger partial charge in [-0.05, 0) is 12.1 Å². The van der Waals surface area contributed by atoms with Gasteiger partial charge in [0.05, 0.1) is 0 Å². The van der Waals surface area contributed by atoms with E-state index >= 15 is 0 Å². The van der Waals surface area contributed by atoms with Gasteiger partial charge in [-0.15, -0.1) is 9.80 Å². The topological polar surface area (TPSA) is 149 Å². The van der Waals surface area contributed by atoms with Crippen LogP contribution in [0, 0.1) is 45.8 Å². The van der Waals surface area contributed by atoms with E-state index in [1.165, 1.54) is 43.0 Å². The molecule has 2 amide bonds. The Morgan fingerprint density at radius 2 is 1.20 bits per heavy atom. The zero-order valence-corrected chi connectivity index (χ0v) is 9.68. The van der Waals surface area contributed by atoms with E-state index in [2.05, 4.69) is 4.98 Å². The summed E-state index contributed by atoms with van der Waals surface area (Å²) in [5.41, 5.74) is -0.676. The zero-order valence-electron chi connectivity index (χ0n) is 9.68. The van der Waals surface area contributed by atoms with Crippen molar-refractivity contribution >= 4 is 11.8 Å². The highest BCUT2D eigenvalue weighted by molar-refractivity contribution is 5.98. The number of carbonyl (C=O) groups excluding carboxylic acids is 2. The molecule has 0 atom stereocenters. The van der Waals surface area contributed by atoms with Crippen LogP contribution in [0.1, 0.15) is 21.0 Å². The molecule has 0 N–H and O–H groups in total. The maximum absolute atomic E-state index is 11.7. The first kappa shape index (κ1) is 14.1. The lowest BCUT2D eigenvalue weighted by atomic mass is 10.2. The van der Waals surface area contributed by atoms with Crippen molar-refractivity contribution in [1.29, 1.82) is 21.0 Å². The van der Waals surface area contributed by atoms with Gasteiger partial charge in [0, 0.05) is 0 Å². The van der Waals surface area contributed by atoms with Crippen LogP contribution >= 0.6 is 0 Å². The number of pyridine rings is 1. The number of aromatic nitrogens is 1. The van der Waals surface area contributed by atoms with Gasteiger partial charge in [0.25, 0.3) is 11.8 Å². The van der Waals surface area contributed by atoms with Gasteiger partial charge < -0.3 is 0 Å². The molecule has 94 valence electrons. The fraction of sp³-hybridized carbons (Fsp3) is 0. The second kappa shape index (κ2) is 6.11. The lowest BCUT2D eigenvalue weighted by Gasteiger charge is -2.06. The van der Waals surface area contributed by atoms with E-state index < -0.39 is 11.8 Å². The van der Waals surface area contributed by atoms with Crippen LogP contribution in [0.2, 0.25) is 0 Å². The normalized spacial score (nSPS) is 8.20. The highest BCUT2D eigenvalue weighted by atomic mass is 16.2. The first-order chi connectivity index (χ1) is 9.58. The Morgan fingerprint density at radius 3 is 1.50 bits per heavy atom. The summed E-state index contributed by atoms with van der Waals surface area (Å²) in [6.45, 7) is 0. The van der Waals surface area contributed by atoms with Crippen LogP contribution in [-0.4, -0.2) is 26.6 Å². The minimum absolute atomic E-state index is 0.170. The van der Waals surface area contributed by atoms with Crippen molar-refractivity contribution in [1.82, 2.24) is 14.8 Å². The molecule has 0 fully saturated rings. The Kier molecular flexibility index (Phi) is 4.31. The summed E-state index contributed by atoms with van der Waals surface area (Å²) in [7, 11) is 0. The first-order valence-electron chi connectivity index (χ1n) is 4.84. The summed E-state index contributed by atoms with van der Waals surface area (Å²) >= 11 is 0. The number of carbonyl (C=O) groups is 2. The Balaban J connectivity index is 3.17. The van der Waals surface area contributed by atoms with E-state index in [0.29, 0.717) is 0 Å². The third-order valence-corrected chi connectivity index (χ3v) is 1.99. The Morgan fingerprint density at radius 1 is 0.850 bits per heavy atom. The van der Waals surface area contributed by atoms with E-state index in [0.717, 1.165) is 0 Å². The van der Waals surface area contributed by atoms with Crippen molar-refractivity contribution in [2.45, 2.75) is 0 Å². The van der Waals surface area contributed by atoms with Crippen LogP contribution in [0.25, 0.3) is 0 Å². The minimum atomic E-state index is -1.02. The number of hydrogen-bond donors (Lipinski definition) is 0. The molecule has 1 heterocycles. The fourth-order valence-corrected chi connectivity index (χ4v) is 1.13. The summed E-state index contributed by atoms with van der Waals surface area (Å²) < 4.78 is 0. The van der Waals surface area contributed by atoms with Gasteiger partial charge in [0.2, 0.25) is 24.8 Å². The summed E-state index contributed by atoms with van der Waals surface area (Å²) in [6.07, 6.45) is 5.31. The Hall–Kier alpha value is -3.95. The number of nitrogens with zero attached hydrogens (tertiary/aromatic N) is 7. The van der Waals surface area contributed by atoms with E-state index in [4.69, 9.17) is 21.0 Å². The predicted octanol–water partition coefficient (Wildman–Crippen LogP) is -0.110. The molecule has 0 aliphatic heterocycles. The molecular weight excluding hydrogens is 262 g/mol. The SMILES string of the molecule is N#CN(C#N)C(=O)c1cccc(C(=O)N(C#N)C#N)n1. The minimum Gasteiger partial charge on any atom is -0.265 e. The van der Waals surface area contributed by atoms with Crippen molar-refractivity contribution in [2.24, 2.45) is 0 Å². The second-order valence-corrected chi connectivity index (χ2v) is 3.09. The standard InChI is InChI=1S/C11H3N7O2/c12-4-17(5-13)10(19)8-2-1-3-9(16-8)11(20)18(6-14)7-15/h1-3H. The summed E-state index contributed by atoms with van der Waals surface area (Å²) in [6, 6.07) is 3.64. The molecule has 0 saturated heterocycles. The summed E-state index contributed by atoms with van der Waals surface area (Å²) in [5.74, 6) is -2.05. The average Bonchev–Trinajstić information content (AvgIpc) is 2.49. The van der Waals surface area contributed by atoms with Gasteiger partial charge in [0.15, 0.2) is 0 Å². The van der Waals surface area contributed by atoms with Crippen LogP contribution < -0.4 is 0 Å². The lowest BCUT2D eigenvalue weighted by molar-refractivity contribution is 0.0873. The number of rotatable bonds is 2. The molecule has 9 nitrogen and oxygen atoms in total. The predicted molar refractivity (Wildman–Crippen MR) is 59.0 cm³/mol. The van der Waals surface area contributed by atoms with Crippen molar-refractivity contribution in [3.8, 4) is 24.8 Å². The molecular formula is C11H3N7O2. The van der Waals surface area contributed by atoms with Crippen molar-refractivity contribution in [3.63, 3.8) is 0 Å². The molecule has 1 aromatic heterocycles. The molecule has 0 saturated carbocycles. The van der Waals surface area contributed by atoms with Crippen LogP contribution in [0.15, 0.2) is 18.2 Å². The van der Waals surface area contributed by atoms with Crippen LogP contribution in [0.4, 0.5) is 0 Å². The van der Waals surface area contributed by atoms with Gasteiger partial charge in [-0.1, -0.05) is 6.07 Å². The molecule has 0 unspecified atom stereocenters. The van der Waals surface area contributed by atoms with Crippen molar-refractivity contribution in [3.05, 3.63) is 29.6 Å². The van der Waals surface area contributed by atoms with Gasteiger partial charge in [-0.25, -0.2) is 4.98 Å². The summed E-state index contributed by atoms with van der Waals surface area (Å²) in [5, 5.41) is 34.2. The van der Waals surface area contributed by atoms with Gasteiger partial charge in [-0.2, -0.15) is 21.0 Å². The largest absolute Gasteiger partial charge is 0.299 e. The molecule has 1 aromatic rings. The number of nitriles is 4. The third kappa shape index (κ3) is 2.65. The number of hydrogen-bond acceptors (Lipinski definition) is 7. The Labute approximate surface area is 112 Å². The van der Waals surface area contributed by atoms with Crippen molar-refractivity contribution < 1.29 is 9.59 Å².